The minimum atomic E-state index is -2.57. The van der Waals surface area contributed by atoms with E-state index in [1.165, 1.54) is 5.57 Å². The number of allylic oxidation sites excluding steroid dienone is 3. The van der Waals surface area contributed by atoms with Crippen molar-refractivity contribution in [3.63, 3.8) is 0 Å². The first-order valence-electron chi connectivity index (χ1n) is 3.95. The highest BCUT2D eigenvalue weighted by molar-refractivity contribution is 7.67. The van der Waals surface area contributed by atoms with Gasteiger partial charge in [0, 0.05) is 0 Å². The number of fused-ring (bicyclic) bond motifs is 2. The molecule has 0 amide bonds. The first-order valence-corrected chi connectivity index (χ1v) is 8.98. The Morgan fingerprint density at radius 1 is 1.42 bits per heavy atom. The monoisotopic (exact) mass is 238 g/mol. The summed E-state index contributed by atoms with van der Waals surface area (Å²) in [5, 5.41) is 1.12. The Kier molecular flexibility index (Phi) is 2.11. The summed E-state index contributed by atoms with van der Waals surface area (Å²) in [7, 11) is 0. The van der Waals surface area contributed by atoms with Crippen molar-refractivity contribution in [2.75, 3.05) is 0 Å². The maximum Gasteiger partial charge on any atom is 0.368 e. The molecular weight excluding hydrogens is 231 g/mol. The Balaban J connectivity index is 2.28. The molecule has 0 N–H and O–H groups in total. The molecule has 0 aliphatic heterocycles. The molecule has 2 aliphatic carbocycles. The lowest BCUT2D eigenvalue weighted by atomic mass is 10.0. The molecule has 0 aromatic carbocycles. The third-order valence-corrected chi connectivity index (χ3v) is 5.91. The zero-order chi connectivity index (χ0) is 8.93. The van der Waals surface area contributed by atoms with E-state index in [2.05, 4.69) is 12.7 Å². The van der Waals surface area contributed by atoms with Crippen LogP contribution >= 0.6 is 33.2 Å². The molecule has 2 bridgehead atoms. The molecule has 66 valence electrons. The van der Waals surface area contributed by atoms with Crippen LogP contribution in [0.2, 0.25) is 0 Å². The van der Waals surface area contributed by atoms with E-state index in [4.69, 9.17) is 33.2 Å². The largest absolute Gasteiger partial charge is 0.368 e. The van der Waals surface area contributed by atoms with Crippen LogP contribution in [0.4, 0.5) is 0 Å². The van der Waals surface area contributed by atoms with Gasteiger partial charge in [0.15, 0.2) is 0 Å². The van der Waals surface area contributed by atoms with Gasteiger partial charge in [-0.3, -0.25) is 0 Å². The third kappa shape index (κ3) is 1.37. The van der Waals surface area contributed by atoms with Crippen molar-refractivity contribution in [3.05, 3.63) is 23.4 Å². The van der Waals surface area contributed by atoms with Gasteiger partial charge in [-0.15, -0.1) is 33.2 Å². The lowest BCUT2D eigenvalue weighted by Crippen LogP contribution is -2.19. The van der Waals surface area contributed by atoms with E-state index >= 15 is 0 Å². The number of halogens is 3. The van der Waals surface area contributed by atoms with Crippen LogP contribution in [-0.2, 0) is 0 Å². The fourth-order valence-corrected chi connectivity index (χ4v) is 5.15. The molecule has 0 saturated heterocycles. The van der Waals surface area contributed by atoms with Crippen molar-refractivity contribution in [3.8, 4) is 0 Å². The van der Waals surface area contributed by atoms with Crippen molar-refractivity contribution in [2.24, 2.45) is 11.8 Å². The first-order chi connectivity index (χ1) is 5.48. The van der Waals surface area contributed by atoms with Gasteiger partial charge in [0.2, 0.25) is 0 Å². The number of rotatable bonds is 1. The summed E-state index contributed by atoms with van der Waals surface area (Å²) in [6.07, 6.45) is 4.31. The molecule has 2 unspecified atom stereocenters. The zero-order valence-corrected chi connectivity index (χ0v) is 9.76. The van der Waals surface area contributed by atoms with Gasteiger partial charge in [0.1, 0.15) is 0 Å². The Morgan fingerprint density at radius 3 is 2.42 bits per heavy atom. The summed E-state index contributed by atoms with van der Waals surface area (Å²) in [4.78, 5) is 0. The molecule has 0 heterocycles. The maximum absolute atomic E-state index is 5.95. The lowest BCUT2D eigenvalue weighted by Gasteiger charge is -2.18. The summed E-state index contributed by atoms with van der Waals surface area (Å²) in [6.45, 7) is 3.99. The van der Waals surface area contributed by atoms with E-state index in [0.29, 0.717) is 11.8 Å². The van der Waals surface area contributed by atoms with Crippen LogP contribution in [0.25, 0.3) is 0 Å². The van der Waals surface area contributed by atoms with Crippen LogP contribution in [0, 0.1) is 11.8 Å². The molecule has 0 aromatic heterocycles. The van der Waals surface area contributed by atoms with Crippen LogP contribution < -0.4 is 0 Å². The molecule has 2 atom stereocenters. The zero-order valence-electron chi connectivity index (χ0n) is 6.49. The van der Waals surface area contributed by atoms with E-state index in [-0.39, 0.29) is 0 Å². The fraction of sp³-hybridized carbons (Fsp3) is 0.500. The van der Waals surface area contributed by atoms with Crippen LogP contribution in [0.15, 0.2) is 23.4 Å². The van der Waals surface area contributed by atoms with Gasteiger partial charge in [-0.1, -0.05) is 18.2 Å². The average Bonchev–Trinajstić information content (AvgIpc) is 2.41. The molecule has 12 heavy (non-hydrogen) atoms. The predicted octanol–water partition coefficient (Wildman–Crippen LogP) is 3.70. The summed E-state index contributed by atoms with van der Waals surface area (Å²) in [5.74, 6) is 1.01. The SMILES string of the molecule is C=C1CC2CC1C=C2[Si](Cl)(Cl)Cl. The minimum Gasteiger partial charge on any atom is -0.121 e. The van der Waals surface area contributed by atoms with E-state index in [1.807, 2.05) is 0 Å². The predicted molar refractivity (Wildman–Crippen MR) is 56.8 cm³/mol. The molecular formula is C8H9Cl3Si. The minimum absolute atomic E-state index is 0.502. The van der Waals surface area contributed by atoms with Gasteiger partial charge in [0.05, 0.1) is 0 Å². The smallest absolute Gasteiger partial charge is 0.121 e. The molecule has 0 radical (unpaired) electrons. The highest BCUT2D eigenvalue weighted by atomic mass is 35.8. The molecule has 1 saturated carbocycles. The van der Waals surface area contributed by atoms with Crippen molar-refractivity contribution >= 4 is 39.2 Å². The molecule has 1 fully saturated rings. The molecule has 0 aromatic rings. The van der Waals surface area contributed by atoms with Crippen LogP contribution in [0.1, 0.15) is 12.8 Å². The molecule has 2 rings (SSSR count). The summed E-state index contributed by atoms with van der Waals surface area (Å²) >= 11 is 17.9. The second kappa shape index (κ2) is 2.78. The van der Waals surface area contributed by atoms with Crippen molar-refractivity contribution in [2.45, 2.75) is 12.8 Å². The van der Waals surface area contributed by atoms with Crippen LogP contribution in [-0.4, -0.2) is 6.00 Å². The van der Waals surface area contributed by atoms with E-state index in [1.54, 1.807) is 0 Å². The maximum atomic E-state index is 5.95. The molecule has 4 heteroatoms. The van der Waals surface area contributed by atoms with Gasteiger partial charge < -0.3 is 0 Å². The van der Waals surface area contributed by atoms with E-state index in [9.17, 15) is 0 Å². The van der Waals surface area contributed by atoms with Crippen molar-refractivity contribution in [1.29, 1.82) is 0 Å². The number of hydrogen-bond acceptors (Lipinski definition) is 0. The quantitative estimate of drug-likeness (QED) is 0.372. The average molecular weight is 240 g/mol. The third-order valence-electron chi connectivity index (χ3n) is 2.72. The van der Waals surface area contributed by atoms with Crippen molar-refractivity contribution in [1.82, 2.24) is 0 Å². The lowest BCUT2D eigenvalue weighted by molar-refractivity contribution is 0.683. The first kappa shape index (κ1) is 9.13. The Morgan fingerprint density at radius 2 is 2.08 bits per heavy atom. The van der Waals surface area contributed by atoms with Gasteiger partial charge >= 0.3 is 6.00 Å². The second-order valence-corrected chi connectivity index (χ2v) is 11.9. The van der Waals surface area contributed by atoms with Crippen LogP contribution in [0.5, 0.6) is 0 Å². The fourth-order valence-electron chi connectivity index (χ4n) is 2.13. The second-order valence-electron chi connectivity index (χ2n) is 3.52. The van der Waals surface area contributed by atoms with Gasteiger partial charge in [-0.05, 0) is 29.9 Å². The summed E-state index contributed by atoms with van der Waals surface area (Å²) < 4.78 is 0. The molecule has 0 spiro atoms. The molecule has 0 nitrogen and oxygen atoms in total. The Hall–Kier alpha value is 0.567. The summed E-state index contributed by atoms with van der Waals surface area (Å²) in [6, 6.07) is -2.57. The Labute approximate surface area is 87.3 Å². The highest BCUT2D eigenvalue weighted by Crippen LogP contribution is 2.51. The highest BCUT2D eigenvalue weighted by Gasteiger charge is 2.45. The number of hydrogen-bond donors (Lipinski definition) is 0. The standard InChI is InChI=1S/C8H9Cl3Si/c1-5-2-7-3-6(5)4-8(7)12(9,10)11/h4,6-7H,1-3H2. The van der Waals surface area contributed by atoms with Gasteiger partial charge in [0.25, 0.3) is 0 Å². The van der Waals surface area contributed by atoms with Gasteiger partial charge in [-0.25, -0.2) is 0 Å². The van der Waals surface area contributed by atoms with E-state index in [0.717, 1.165) is 18.0 Å². The molecule has 2 aliphatic rings. The van der Waals surface area contributed by atoms with Crippen LogP contribution in [0.3, 0.4) is 0 Å². The normalized spacial score (nSPS) is 34.2. The van der Waals surface area contributed by atoms with Gasteiger partial charge in [-0.2, -0.15) is 0 Å². The topological polar surface area (TPSA) is 0 Å². The van der Waals surface area contributed by atoms with Crippen molar-refractivity contribution < 1.29 is 0 Å². The summed E-state index contributed by atoms with van der Waals surface area (Å²) in [5.41, 5.74) is 1.31. The Bertz CT molecular complexity index is 264. The van der Waals surface area contributed by atoms with E-state index < -0.39 is 6.00 Å².